The molecule has 0 heterocycles. The lowest BCUT2D eigenvalue weighted by atomic mass is 9.60. The summed E-state index contributed by atoms with van der Waals surface area (Å²) < 4.78 is 42.2. The summed E-state index contributed by atoms with van der Waals surface area (Å²) in [6.45, 7) is 22.2. The Labute approximate surface area is 338 Å². The van der Waals surface area contributed by atoms with Gasteiger partial charge in [0.2, 0.25) is 0 Å². The first-order valence-electron chi connectivity index (χ1n) is 18.0. The fourth-order valence-electron chi connectivity index (χ4n) is 6.41. The maximum Gasteiger partial charge on any atom is 0.407 e. The van der Waals surface area contributed by atoms with Gasteiger partial charge in [-0.1, -0.05) is 60.2 Å². The van der Waals surface area contributed by atoms with Crippen LogP contribution in [0.25, 0.3) is 0 Å². The van der Waals surface area contributed by atoms with Crippen molar-refractivity contribution in [2.24, 2.45) is 27.6 Å². The average molecular weight is 818 g/mol. The van der Waals surface area contributed by atoms with Crippen LogP contribution in [0.3, 0.4) is 0 Å². The zero-order chi connectivity index (χ0) is 44.0. The van der Waals surface area contributed by atoms with E-state index in [2.05, 4.69) is 44.8 Å². The van der Waals surface area contributed by atoms with Crippen molar-refractivity contribution in [1.82, 2.24) is 5.32 Å². The Balaban J connectivity index is 3.13. The average Bonchev–Trinajstić information content (AvgIpc) is 3.19. The van der Waals surface area contributed by atoms with E-state index >= 15 is 0 Å². The Morgan fingerprint density at radius 2 is 0.828 bits per heavy atom. The molecule has 1 amide bonds. The van der Waals surface area contributed by atoms with Crippen molar-refractivity contribution < 1.29 is 76.3 Å². The highest BCUT2D eigenvalue weighted by Gasteiger charge is 2.44. The maximum absolute atomic E-state index is 13.4. The van der Waals surface area contributed by atoms with E-state index in [-0.39, 0.29) is 24.3 Å². The van der Waals surface area contributed by atoms with Gasteiger partial charge in [-0.2, -0.15) is 0 Å². The molecule has 0 bridgehead atoms. The molecule has 17 heteroatoms. The van der Waals surface area contributed by atoms with Crippen LogP contribution in [0.2, 0.25) is 0 Å². The Bertz CT molecular complexity index is 1460. The molecule has 0 aromatic heterocycles. The molecule has 0 radical (unpaired) electrons. The minimum absolute atomic E-state index is 0.0519. The third-order valence-electron chi connectivity index (χ3n) is 8.82. The highest BCUT2D eigenvalue weighted by Crippen LogP contribution is 2.49. The van der Waals surface area contributed by atoms with E-state index in [1.54, 1.807) is 0 Å². The summed E-state index contributed by atoms with van der Waals surface area (Å²) in [6.07, 6.45) is 6.21. The van der Waals surface area contributed by atoms with Gasteiger partial charge in [0.25, 0.3) is 0 Å². The van der Waals surface area contributed by atoms with Crippen LogP contribution in [-0.4, -0.2) is 107 Å². The minimum Gasteiger partial charge on any atom is -0.465 e. The summed E-state index contributed by atoms with van der Waals surface area (Å²) in [5.41, 5.74) is -3.87. The monoisotopic (exact) mass is 817 g/mol. The fourth-order valence-corrected chi connectivity index (χ4v) is 6.41. The van der Waals surface area contributed by atoms with E-state index < -0.39 is 117 Å². The van der Waals surface area contributed by atoms with Gasteiger partial charge in [-0.25, -0.2) is 33.6 Å². The number of carbonyl (C=O) groups excluding carboxylic acids is 8. The van der Waals surface area contributed by atoms with Crippen molar-refractivity contribution in [1.29, 1.82) is 0 Å². The summed E-state index contributed by atoms with van der Waals surface area (Å²) in [5, 5.41) is 2.74. The number of ether oxygens (including phenoxy) is 8. The molecule has 1 saturated carbocycles. The predicted octanol–water partition coefficient (Wildman–Crippen LogP) is 3.83. The molecular weight excluding hydrogens is 762 g/mol. The van der Waals surface area contributed by atoms with Gasteiger partial charge in [0.15, 0.2) is 0 Å². The number of rotatable bonds is 26. The standard InChI is InChI=1S/C41H55NO16/c1-10-30(43)51-21-40(22-52-31(44)11-2,23-53-32(45)12-3)27-57-36(49)16-29-17-38(7,8)19-39(9,18-29)20-42-37(50)58-28-41(24-54-33(46)13-4,25-55-34(47)14-5)26-56-35(48)15-6/h10-15,29H,1-6,16-28H2,7-9H3,(H,42,50). The van der Waals surface area contributed by atoms with Gasteiger partial charge in [-0.05, 0) is 36.0 Å². The Hall–Kier alpha value is -6.00. The maximum atomic E-state index is 13.4. The van der Waals surface area contributed by atoms with Gasteiger partial charge in [-0.3, -0.25) is 4.79 Å². The molecule has 0 aliphatic heterocycles. The second-order valence-electron chi connectivity index (χ2n) is 15.1. The molecule has 1 N–H and O–H groups in total. The predicted molar refractivity (Wildman–Crippen MR) is 206 cm³/mol. The lowest BCUT2D eigenvalue weighted by Gasteiger charge is -2.46. The van der Waals surface area contributed by atoms with Crippen molar-refractivity contribution >= 4 is 47.9 Å². The summed E-state index contributed by atoms with van der Waals surface area (Å²) >= 11 is 0. The number of amides is 1. The van der Waals surface area contributed by atoms with Crippen molar-refractivity contribution in [2.45, 2.75) is 46.5 Å². The number of nitrogens with one attached hydrogen (secondary N) is 1. The van der Waals surface area contributed by atoms with E-state index in [1.165, 1.54) is 0 Å². The lowest BCUT2D eigenvalue weighted by Crippen LogP contribution is -2.47. The summed E-state index contributed by atoms with van der Waals surface area (Å²) in [7, 11) is 0. The number of carbonyl (C=O) groups is 8. The van der Waals surface area contributed by atoms with Crippen molar-refractivity contribution in [3.8, 4) is 0 Å². The van der Waals surface area contributed by atoms with Gasteiger partial charge < -0.3 is 43.2 Å². The van der Waals surface area contributed by atoms with Crippen LogP contribution in [-0.2, 0) is 71.5 Å². The topological polar surface area (TPSA) is 222 Å². The number of alkyl carbamates (subject to hydrolysis) is 1. The molecule has 1 rings (SSSR count). The molecule has 0 saturated heterocycles. The zero-order valence-electron chi connectivity index (χ0n) is 33.5. The van der Waals surface area contributed by atoms with E-state index in [4.69, 9.17) is 37.9 Å². The second kappa shape index (κ2) is 23.9. The quantitative estimate of drug-likeness (QED) is 0.0744. The second-order valence-corrected chi connectivity index (χ2v) is 15.1. The van der Waals surface area contributed by atoms with E-state index in [0.717, 1.165) is 36.5 Å². The van der Waals surface area contributed by atoms with Crippen LogP contribution in [0.5, 0.6) is 0 Å². The largest absolute Gasteiger partial charge is 0.465 e. The van der Waals surface area contributed by atoms with Crippen LogP contribution < -0.4 is 5.32 Å². The summed E-state index contributed by atoms with van der Waals surface area (Å²) in [6, 6.07) is 0. The number of esters is 7. The van der Waals surface area contributed by atoms with Gasteiger partial charge >= 0.3 is 47.9 Å². The number of hydrogen-bond acceptors (Lipinski definition) is 16. The molecule has 2 unspecified atom stereocenters. The molecule has 0 spiro atoms. The fraction of sp³-hybridized carbons (Fsp3) is 0.512. The van der Waals surface area contributed by atoms with Crippen molar-refractivity contribution in [3.05, 3.63) is 75.9 Å². The Kier molecular flexibility index (Phi) is 20.6. The van der Waals surface area contributed by atoms with Crippen LogP contribution in [0.15, 0.2) is 75.9 Å². The molecule has 0 aromatic rings. The van der Waals surface area contributed by atoms with Gasteiger partial charge in [-0.15, -0.1) is 0 Å². The van der Waals surface area contributed by atoms with Gasteiger partial charge in [0.1, 0.15) is 63.7 Å². The molecule has 1 aliphatic carbocycles. The van der Waals surface area contributed by atoms with Crippen LogP contribution in [0.4, 0.5) is 4.79 Å². The molecular formula is C41H55NO16. The van der Waals surface area contributed by atoms with Crippen molar-refractivity contribution in [3.63, 3.8) is 0 Å². The zero-order valence-corrected chi connectivity index (χ0v) is 33.5. The first kappa shape index (κ1) is 50.0. The van der Waals surface area contributed by atoms with E-state index in [0.29, 0.717) is 19.3 Å². The van der Waals surface area contributed by atoms with Gasteiger partial charge in [0.05, 0.1) is 0 Å². The highest BCUT2D eigenvalue weighted by molar-refractivity contribution is 5.83. The van der Waals surface area contributed by atoms with Crippen LogP contribution in [0, 0.1) is 27.6 Å². The Morgan fingerprint density at radius 3 is 1.16 bits per heavy atom. The van der Waals surface area contributed by atoms with Gasteiger partial charge in [0, 0.05) is 49.4 Å². The molecule has 58 heavy (non-hydrogen) atoms. The third kappa shape index (κ3) is 18.8. The first-order chi connectivity index (χ1) is 27.2. The smallest absolute Gasteiger partial charge is 0.407 e. The van der Waals surface area contributed by atoms with Crippen molar-refractivity contribution in [2.75, 3.05) is 59.4 Å². The van der Waals surface area contributed by atoms with E-state index in [9.17, 15) is 38.4 Å². The minimum atomic E-state index is -1.53. The molecule has 17 nitrogen and oxygen atoms in total. The molecule has 1 fully saturated rings. The highest BCUT2D eigenvalue weighted by atomic mass is 16.6. The normalized spacial score (nSPS) is 17.0. The summed E-state index contributed by atoms with van der Waals surface area (Å²) in [4.78, 5) is 98.0. The van der Waals surface area contributed by atoms with E-state index in [1.807, 2.05) is 20.8 Å². The first-order valence-corrected chi connectivity index (χ1v) is 18.0. The van der Waals surface area contributed by atoms with Crippen LogP contribution >= 0.6 is 0 Å². The SMILES string of the molecule is C=CC(=O)OCC(COC(=O)C=C)(COC(=O)C=C)COC(=O)CC1CC(C)(C)CC(C)(CNC(=O)OCC(COC(=O)C=C)(COC(=O)C=C)COC(=O)C=C)C1. The third-order valence-corrected chi connectivity index (χ3v) is 8.82. The number of hydrogen-bond donors (Lipinski definition) is 1. The summed E-state index contributed by atoms with van der Waals surface area (Å²) in [5.74, 6) is -5.82. The molecule has 320 valence electrons. The molecule has 1 aliphatic rings. The molecule has 0 aromatic carbocycles. The molecule has 2 atom stereocenters. The lowest BCUT2D eigenvalue weighted by molar-refractivity contribution is -0.167. The Morgan fingerprint density at radius 1 is 0.517 bits per heavy atom. The van der Waals surface area contributed by atoms with Crippen LogP contribution in [0.1, 0.15) is 46.5 Å².